The van der Waals surface area contributed by atoms with Crippen LogP contribution in [0.1, 0.15) is 48.5 Å². The fraction of sp³-hybridized carbons (Fsp3) is 0.200. The maximum atomic E-state index is 13.8. The molecule has 0 bridgehead atoms. The van der Waals surface area contributed by atoms with E-state index < -0.39 is 12.0 Å². The van der Waals surface area contributed by atoms with Crippen molar-refractivity contribution in [1.82, 2.24) is 4.57 Å². The molecule has 1 aliphatic heterocycles. The molecule has 5 rings (SSSR count). The van der Waals surface area contributed by atoms with Crippen LogP contribution in [0.3, 0.4) is 0 Å². The first kappa shape index (κ1) is 27.5. The number of Topliss-reactive ketones (excluding diaryl/α,β-unsaturated/α-hetero) is 1. The number of fused-ring (bicyclic) bond motifs is 1. The predicted molar refractivity (Wildman–Crippen MR) is 155 cm³/mol. The Morgan fingerprint density at radius 1 is 1.15 bits per heavy atom. The molecule has 0 aliphatic carbocycles. The Kier molecular flexibility index (Phi) is 7.73. The van der Waals surface area contributed by atoms with Crippen LogP contribution in [0.15, 0.2) is 84.5 Å². The van der Waals surface area contributed by atoms with Gasteiger partial charge in [-0.25, -0.2) is 9.79 Å². The lowest BCUT2D eigenvalue weighted by molar-refractivity contribution is -0.139. The number of allylic oxidation sites excluding steroid dienone is 1. The van der Waals surface area contributed by atoms with Gasteiger partial charge in [0, 0.05) is 17.2 Å². The molecule has 0 saturated heterocycles. The van der Waals surface area contributed by atoms with Gasteiger partial charge in [0.1, 0.15) is 17.3 Å². The number of aromatic nitrogens is 1. The zero-order chi connectivity index (χ0) is 28.6. The van der Waals surface area contributed by atoms with Crippen LogP contribution >= 0.6 is 27.3 Å². The summed E-state index contributed by atoms with van der Waals surface area (Å²) in [6.45, 7) is 5.19. The molecule has 40 heavy (non-hydrogen) atoms. The summed E-state index contributed by atoms with van der Waals surface area (Å²) in [6.07, 6.45) is 1.67. The Morgan fingerprint density at radius 2 is 1.90 bits per heavy atom. The maximum absolute atomic E-state index is 13.8. The van der Waals surface area contributed by atoms with E-state index in [1.54, 1.807) is 51.3 Å². The number of ether oxygens (including phenoxy) is 2. The number of esters is 1. The second-order valence-corrected chi connectivity index (χ2v) is 10.9. The first-order valence-corrected chi connectivity index (χ1v) is 14.1. The van der Waals surface area contributed by atoms with Crippen molar-refractivity contribution in [2.45, 2.75) is 26.8 Å². The normalized spacial score (nSPS) is 15.0. The van der Waals surface area contributed by atoms with Crippen LogP contribution in [0, 0.1) is 0 Å². The van der Waals surface area contributed by atoms with E-state index in [1.165, 1.54) is 22.8 Å². The highest BCUT2D eigenvalue weighted by Gasteiger charge is 2.33. The average molecular weight is 622 g/mol. The van der Waals surface area contributed by atoms with Crippen molar-refractivity contribution in [3.05, 3.63) is 107 Å². The minimum absolute atomic E-state index is 0.0105. The van der Waals surface area contributed by atoms with Crippen molar-refractivity contribution in [2.75, 3.05) is 13.7 Å². The van der Waals surface area contributed by atoms with E-state index >= 15 is 0 Å². The van der Waals surface area contributed by atoms with E-state index in [1.807, 2.05) is 30.3 Å². The maximum Gasteiger partial charge on any atom is 0.338 e. The van der Waals surface area contributed by atoms with Gasteiger partial charge >= 0.3 is 5.97 Å². The van der Waals surface area contributed by atoms with Gasteiger partial charge in [-0.15, -0.1) is 0 Å². The fourth-order valence-corrected chi connectivity index (χ4v) is 6.13. The Balaban J connectivity index is 1.61. The van der Waals surface area contributed by atoms with Crippen molar-refractivity contribution in [3.63, 3.8) is 0 Å². The number of carbonyl (C=O) groups excluding carboxylic acids is 2. The predicted octanol–water partition coefficient (Wildman–Crippen LogP) is 5.03. The standard InChI is InChI=1S/C30H25BrN2O6S/c1-5-38-29(36)26-16(2)32-30-33(27(26)20-10-12-24(37-4)22(31)14-20)28(35)25(40-30)15-21-11-13-23(39-21)19-8-6-18(7-9-19)17(3)34/h6-15,27H,5H2,1-4H3/b25-15-/t27-/m1/s1. The summed E-state index contributed by atoms with van der Waals surface area (Å²) in [5, 5.41) is 0. The Morgan fingerprint density at radius 3 is 2.55 bits per heavy atom. The van der Waals surface area contributed by atoms with Crippen LogP contribution in [0.5, 0.6) is 5.75 Å². The first-order chi connectivity index (χ1) is 19.2. The number of nitrogens with zero attached hydrogens (tertiary/aromatic N) is 2. The van der Waals surface area contributed by atoms with Gasteiger partial charge in [0.2, 0.25) is 0 Å². The second kappa shape index (κ2) is 11.2. The molecule has 2 aromatic carbocycles. The van der Waals surface area contributed by atoms with Crippen molar-refractivity contribution >= 4 is 45.1 Å². The lowest BCUT2D eigenvalue weighted by Crippen LogP contribution is -2.39. The molecule has 4 aromatic rings. The van der Waals surface area contributed by atoms with Gasteiger partial charge in [-0.2, -0.15) is 0 Å². The molecule has 0 radical (unpaired) electrons. The Labute approximate surface area is 242 Å². The molecule has 3 heterocycles. The van der Waals surface area contributed by atoms with Gasteiger partial charge < -0.3 is 13.9 Å². The highest BCUT2D eigenvalue weighted by Crippen LogP contribution is 2.35. The lowest BCUT2D eigenvalue weighted by atomic mass is 9.96. The Hall–Kier alpha value is -4.02. The van der Waals surface area contributed by atoms with Crippen LogP contribution in [-0.4, -0.2) is 30.0 Å². The third-order valence-corrected chi connectivity index (χ3v) is 8.09. The minimum atomic E-state index is -0.744. The number of halogens is 1. The van der Waals surface area contributed by atoms with Crippen LogP contribution in [-0.2, 0) is 9.53 Å². The monoisotopic (exact) mass is 620 g/mol. The SMILES string of the molecule is CCOC(=O)C1=C(C)N=c2s/c(=C\c3ccc(-c4ccc(C(C)=O)cc4)o3)c(=O)n2[C@@H]1c1ccc(OC)c(Br)c1. The van der Waals surface area contributed by atoms with Gasteiger partial charge in [-0.05, 0) is 66.5 Å². The van der Waals surface area contributed by atoms with E-state index in [2.05, 4.69) is 20.9 Å². The summed E-state index contributed by atoms with van der Waals surface area (Å²) in [5.41, 5.74) is 2.61. The second-order valence-electron chi connectivity index (χ2n) is 9.03. The van der Waals surface area contributed by atoms with Crippen LogP contribution in [0.25, 0.3) is 17.4 Å². The highest BCUT2D eigenvalue weighted by molar-refractivity contribution is 9.10. The molecule has 0 amide bonds. The zero-order valence-corrected chi connectivity index (χ0v) is 24.6. The summed E-state index contributed by atoms with van der Waals surface area (Å²) in [7, 11) is 1.57. The molecule has 0 N–H and O–H groups in total. The molecular weight excluding hydrogens is 596 g/mol. The highest BCUT2D eigenvalue weighted by atomic mass is 79.9. The van der Waals surface area contributed by atoms with E-state index in [0.717, 1.165) is 5.56 Å². The number of methoxy groups -OCH3 is 1. The van der Waals surface area contributed by atoms with E-state index in [4.69, 9.17) is 13.9 Å². The van der Waals surface area contributed by atoms with Gasteiger partial charge in [0.05, 0.1) is 40.0 Å². The quantitative estimate of drug-likeness (QED) is 0.212. The molecule has 0 fully saturated rings. The van der Waals surface area contributed by atoms with Crippen molar-refractivity contribution in [2.24, 2.45) is 4.99 Å². The molecule has 1 atom stereocenters. The van der Waals surface area contributed by atoms with Crippen molar-refractivity contribution in [3.8, 4) is 17.1 Å². The van der Waals surface area contributed by atoms with Gasteiger partial charge in [0.25, 0.3) is 5.56 Å². The summed E-state index contributed by atoms with van der Waals surface area (Å²) in [5.74, 6) is 1.18. The molecule has 0 saturated carbocycles. The summed E-state index contributed by atoms with van der Waals surface area (Å²) >= 11 is 4.73. The van der Waals surface area contributed by atoms with Crippen molar-refractivity contribution in [1.29, 1.82) is 0 Å². The summed E-state index contributed by atoms with van der Waals surface area (Å²) in [4.78, 5) is 43.6. The van der Waals surface area contributed by atoms with Gasteiger partial charge in [0.15, 0.2) is 10.6 Å². The molecule has 1 aliphatic rings. The molecular formula is C30H25BrN2O6S. The number of ketones is 1. The van der Waals surface area contributed by atoms with E-state index in [9.17, 15) is 14.4 Å². The largest absolute Gasteiger partial charge is 0.496 e. The summed E-state index contributed by atoms with van der Waals surface area (Å²) in [6, 6.07) is 15.4. The number of furan rings is 1. The molecule has 0 spiro atoms. The van der Waals surface area contributed by atoms with Gasteiger partial charge in [-0.1, -0.05) is 41.7 Å². The summed E-state index contributed by atoms with van der Waals surface area (Å²) < 4.78 is 19.3. The number of thiazole rings is 1. The van der Waals surface area contributed by atoms with E-state index in [0.29, 0.717) is 53.5 Å². The molecule has 8 nitrogen and oxygen atoms in total. The number of rotatable bonds is 7. The zero-order valence-electron chi connectivity index (χ0n) is 22.2. The molecule has 0 unspecified atom stereocenters. The molecule has 2 aromatic heterocycles. The Bertz CT molecular complexity index is 1850. The minimum Gasteiger partial charge on any atom is -0.496 e. The number of hydrogen-bond acceptors (Lipinski definition) is 8. The topological polar surface area (TPSA) is 100 Å². The van der Waals surface area contributed by atoms with E-state index in [-0.39, 0.29) is 17.9 Å². The smallest absolute Gasteiger partial charge is 0.338 e. The third kappa shape index (κ3) is 5.12. The van der Waals surface area contributed by atoms with Crippen LogP contribution in [0.2, 0.25) is 0 Å². The lowest BCUT2D eigenvalue weighted by Gasteiger charge is -2.25. The fourth-order valence-electron chi connectivity index (χ4n) is 4.54. The number of benzene rings is 2. The third-order valence-electron chi connectivity index (χ3n) is 6.48. The number of hydrogen-bond donors (Lipinski definition) is 0. The number of carbonyl (C=O) groups is 2. The first-order valence-electron chi connectivity index (χ1n) is 12.5. The molecule has 204 valence electrons. The van der Waals surface area contributed by atoms with Crippen LogP contribution in [0.4, 0.5) is 0 Å². The van der Waals surface area contributed by atoms with Gasteiger partial charge in [-0.3, -0.25) is 14.2 Å². The van der Waals surface area contributed by atoms with Crippen LogP contribution < -0.4 is 19.6 Å². The average Bonchev–Trinajstić information content (AvgIpc) is 3.52. The van der Waals surface area contributed by atoms with Crippen molar-refractivity contribution < 1.29 is 23.5 Å². The molecule has 10 heteroatoms.